The van der Waals surface area contributed by atoms with Crippen molar-refractivity contribution in [2.75, 3.05) is 13.2 Å². The lowest BCUT2D eigenvalue weighted by molar-refractivity contribution is -0.0123. The summed E-state index contributed by atoms with van der Waals surface area (Å²) in [4.78, 5) is 11.2. The Hall–Kier alpha value is -1.30. The van der Waals surface area contributed by atoms with Gasteiger partial charge in [-0.15, -0.1) is 0 Å². The van der Waals surface area contributed by atoms with E-state index in [0.717, 1.165) is 0 Å². The number of carbonyl (C=O) groups is 1. The molecule has 0 saturated carbocycles. The highest BCUT2D eigenvalue weighted by Gasteiger charge is 2.13. The Morgan fingerprint density at radius 3 is 2.68 bits per heavy atom. The number of hydrogen-bond donors (Lipinski definition) is 2. The number of benzene rings is 1. The molecule has 3 N–H and O–H groups in total. The van der Waals surface area contributed by atoms with Gasteiger partial charge in [-0.05, 0) is 32.0 Å². The number of hydrogen-bond acceptors (Lipinski definition) is 4. The number of carbonyl (C=O) groups excluding carboxylic acids is 1. The van der Waals surface area contributed by atoms with Gasteiger partial charge in [0.25, 0.3) is 5.91 Å². The Morgan fingerprint density at radius 1 is 1.42 bits per heavy atom. The van der Waals surface area contributed by atoms with E-state index in [4.69, 9.17) is 26.8 Å². The maximum Gasteiger partial charge on any atom is 0.252 e. The molecule has 0 saturated heterocycles. The van der Waals surface area contributed by atoms with E-state index in [-0.39, 0.29) is 24.9 Å². The van der Waals surface area contributed by atoms with E-state index in [1.165, 1.54) is 6.07 Å². The van der Waals surface area contributed by atoms with Crippen molar-refractivity contribution in [3.8, 4) is 5.75 Å². The number of aliphatic hydroxyl groups excluding tert-OH is 1. The zero-order valence-corrected chi connectivity index (χ0v) is 11.7. The molecule has 0 bridgehead atoms. The van der Waals surface area contributed by atoms with Crippen LogP contribution in [0.5, 0.6) is 5.75 Å². The quantitative estimate of drug-likeness (QED) is 0.798. The molecule has 0 aliphatic carbocycles. The van der Waals surface area contributed by atoms with Gasteiger partial charge in [-0.25, -0.2) is 0 Å². The molecule has 0 heterocycles. The fourth-order valence-electron chi connectivity index (χ4n) is 1.36. The van der Waals surface area contributed by atoms with Crippen LogP contribution in [0.4, 0.5) is 0 Å². The van der Waals surface area contributed by atoms with Gasteiger partial charge < -0.3 is 20.3 Å². The monoisotopic (exact) mass is 287 g/mol. The van der Waals surface area contributed by atoms with Crippen molar-refractivity contribution in [2.24, 2.45) is 5.73 Å². The van der Waals surface area contributed by atoms with Crippen LogP contribution < -0.4 is 10.5 Å². The Kier molecular flexibility index (Phi) is 6.08. The Bertz CT molecular complexity index is 437. The van der Waals surface area contributed by atoms with E-state index in [1.807, 2.05) is 13.8 Å². The third kappa shape index (κ3) is 5.46. The SMILES string of the molecule is CC(C)OC[C@@H](O)COc1ccc(Cl)cc1C(N)=O. The molecular weight excluding hydrogens is 270 g/mol. The van der Waals surface area contributed by atoms with Crippen molar-refractivity contribution in [1.82, 2.24) is 0 Å². The number of ether oxygens (including phenoxy) is 2. The first-order chi connectivity index (χ1) is 8.90. The lowest BCUT2D eigenvalue weighted by Crippen LogP contribution is -2.26. The second kappa shape index (κ2) is 7.33. The summed E-state index contributed by atoms with van der Waals surface area (Å²) in [6, 6.07) is 4.55. The number of aliphatic hydroxyl groups is 1. The van der Waals surface area contributed by atoms with Gasteiger partial charge in [0, 0.05) is 5.02 Å². The second-order valence-corrected chi connectivity index (χ2v) is 4.79. The van der Waals surface area contributed by atoms with E-state index in [1.54, 1.807) is 12.1 Å². The van der Waals surface area contributed by atoms with Crippen LogP contribution >= 0.6 is 11.6 Å². The predicted molar refractivity (Wildman–Crippen MR) is 72.6 cm³/mol. The third-order valence-electron chi connectivity index (χ3n) is 2.26. The lowest BCUT2D eigenvalue weighted by Gasteiger charge is -2.15. The summed E-state index contributed by atoms with van der Waals surface area (Å²) in [6.45, 7) is 3.92. The summed E-state index contributed by atoms with van der Waals surface area (Å²) in [5, 5.41) is 10.0. The molecule has 1 rings (SSSR count). The fourth-order valence-corrected chi connectivity index (χ4v) is 1.53. The average molecular weight is 288 g/mol. The fraction of sp³-hybridized carbons (Fsp3) is 0.462. The highest BCUT2D eigenvalue weighted by Crippen LogP contribution is 2.22. The number of halogens is 1. The molecule has 0 aliphatic heterocycles. The van der Waals surface area contributed by atoms with E-state index in [2.05, 4.69) is 0 Å². The topological polar surface area (TPSA) is 81.8 Å². The molecule has 6 heteroatoms. The summed E-state index contributed by atoms with van der Waals surface area (Å²) in [5.41, 5.74) is 5.41. The third-order valence-corrected chi connectivity index (χ3v) is 2.50. The molecule has 5 nitrogen and oxygen atoms in total. The van der Waals surface area contributed by atoms with E-state index >= 15 is 0 Å². The van der Waals surface area contributed by atoms with Crippen LogP contribution in [0.15, 0.2) is 18.2 Å². The van der Waals surface area contributed by atoms with E-state index in [0.29, 0.717) is 10.8 Å². The standard InChI is InChI=1S/C13H18ClNO4/c1-8(2)18-6-10(16)7-19-12-4-3-9(14)5-11(12)13(15)17/h3-5,8,10,16H,6-7H2,1-2H3,(H2,15,17)/t10-/m1/s1. The largest absolute Gasteiger partial charge is 0.490 e. The van der Waals surface area contributed by atoms with Gasteiger partial charge in [0.1, 0.15) is 18.5 Å². The lowest BCUT2D eigenvalue weighted by atomic mass is 10.2. The van der Waals surface area contributed by atoms with Crippen molar-refractivity contribution in [3.63, 3.8) is 0 Å². The Labute approximate surface area is 117 Å². The van der Waals surface area contributed by atoms with Crippen molar-refractivity contribution < 1.29 is 19.4 Å². The highest BCUT2D eigenvalue weighted by molar-refractivity contribution is 6.31. The number of rotatable bonds is 7. The van der Waals surface area contributed by atoms with Gasteiger partial charge in [0.05, 0.1) is 18.3 Å². The maximum atomic E-state index is 11.2. The van der Waals surface area contributed by atoms with Gasteiger partial charge in [-0.1, -0.05) is 11.6 Å². The minimum atomic E-state index is -0.779. The zero-order chi connectivity index (χ0) is 14.4. The summed E-state index contributed by atoms with van der Waals surface area (Å²) < 4.78 is 10.6. The zero-order valence-electron chi connectivity index (χ0n) is 10.9. The van der Waals surface area contributed by atoms with Crippen LogP contribution in [0.25, 0.3) is 0 Å². The van der Waals surface area contributed by atoms with Gasteiger partial charge in [-0.3, -0.25) is 4.79 Å². The molecule has 1 atom stereocenters. The van der Waals surface area contributed by atoms with Crippen LogP contribution in [0, 0.1) is 0 Å². The Morgan fingerprint density at radius 2 is 2.11 bits per heavy atom. The van der Waals surface area contributed by atoms with E-state index in [9.17, 15) is 9.90 Å². The van der Waals surface area contributed by atoms with Crippen LogP contribution in [-0.4, -0.2) is 36.4 Å². The first-order valence-electron chi connectivity index (χ1n) is 5.92. The molecule has 106 valence electrons. The van der Waals surface area contributed by atoms with Gasteiger partial charge in [0.2, 0.25) is 0 Å². The van der Waals surface area contributed by atoms with Crippen molar-refractivity contribution >= 4 is 17.5 Å². The molecule has 0 aliphatic rings. The molecule has 1 aromatic carbocycles. The predicted octanol–water partition coefficient (Wildman–Crippen LogP) is 1.60. The van der Waals surface area contributed by atoms with Crippen LogP contribution in [-0.2, 0) is 4.74 Å². The number of amides is 1. The molecule has 0 fully saturated rings. The smallest absolute Gasteiger partial charge is 0.252 e. The van der Waals surface area contributed by atoms with E-state index < -0.39 is 12.0 Å². The molecule has 0 aromatic heterocycles. The Balaban J connectivity index is 2.60. The summed E-state index contributed by atoms with van der Waals surface area (Å²) in [7, 11) is 0. The molecule has 0 spiro atoms. The van der Waals surface area contributed by atoms with Gasteiger partial charge >= 0.3 is 0 Å². The second-order valence-electron chi connectivity index (χ2n) is 4.35. The minimum Gasteiger partial charge on any atom is -0.490 e. The molecule has 0 unspecified atom stereocenters. The highest BCUT2D eigenvalue weighted by atomic mass is 35.5. The summed E-state index contributed by atoms with van der Waals surface area (Å²) in [5.74, 6) is -0.342. The van der Waals surface area contributed by atoms with Crippen LogP contribution in [0.1, 0.15) is 24.2 Å². The van der Waals surface area contributed by atoms with Crippen molar-refractivity contribution in [1.29, 1.82) is 0 Å². The first kappa shape index (κ1) is 15.8. The van der Waals surface area contributed by atoms with Crippen molar-refractivity contribution in [2.45, 2.75) is 26.1 Å². The molecule has 1 aromatic rings. The number of primary amides is 1. The molecule has 0 radical (unpaired) electrons. The number of nitrogens with two attached hydrogens (primary N) is 1. The first-order valence-corrected chi connectivity index (χ1v) is 6.29. The normalized spacial score (nSPS) is 12.5. The minimum absolute atomic E-state index is 0.00856. The van der Waals surface area contributed by atoms with Crippen molar-refractivity contribution in [3.05, 3.63) is 28.8 Å². The average Bonchev–Trinajstić information content (AvgIpc) is 2.34. The summed E-state index contributed by atoms with van der Waals surface area (Å²) in [6.07, 6.45) is -0.745. The molecular formula is C13H18ClNO4. The van der Waals surface area contributed by atoms with Gasteiger partial charge in [0.15, 0.2) is 0 Å². The summed E-state index contributed by atoms with van der Waals surface area (Å²) >= 11 is 5.78. The van der Waals surface area contributed by atoms with Crippen LogP contribution in [0.3, 0.4) is 0 Å². The van der Waals surface area contributed by atoms with Gasteiger partial charge in [-0.2, -0.15) is 0 Å². The molecule has 1 amide bonds. The maximum absolute atomic E-state index is 11.2. The molecule has 19 heavy (non-hydrogen) atoms. The van der Waals surface area contributed by atoms with Crippen LogP contribution in [0.2, 0.25) is 5.02 Å².